The van der Waals surface area contributed by atoms with Gasteiger partial charge in [-0.15, -0.1) is 5.10 Å². The Balaban J connectivity index is 1.63. The molecule has 0 spiro atoms. The highest BCUT2D eigenvalue weighted by atomic mass is 16.5. The zero-order chi connectivity index (χ0) is 15.5. The molecule has 0 unspecified atom stereocenters. The number of aryl methyl sites for hydroxylation is 2. The lowest BCUT2D eigenvalue weighted by atomic mass is 10.0. The topological polar surface area (TPSA) is 58.3 Å². The van der Waals surface area contributed by atoms with Gasteiger partial charge < -0.3 is 9.42 Å². The number of nitrogens with zero attached hydrogens (tertiary/aromatic N) is 5. The monoisotopic (exact) mass is 301 g/mol. The molecule has 118 valence electrons. The quantitative estimate of drug-likeness (QED) is 0.862. The molecule has 0 amide bonds. The summed E-state index contributed by atoms with van der Waals surface area (Å²) in [5.74, 6) is 1.84. The molecular weight excluding hydrogens is 278 g/mol. The molecule has 0 bridgehead atoms. The van der Waals surface area contributed by atoms with Gasteiger partial charge in [0.25, 0.3) is 0 Å². The fourth-order valence-corrected chi connectivity index (χ4v) is 2.96. The van der Waals surface area contributed by atoms with E-state index in [0.29, 0.717) is 6.04 Å². The lowest BCUT2D eigenvalue weighted by Gasteiger charge is -2.37. The molecule has 3 rings (SSSR count). The summed E-state index contributed by atoms with van der Waals surface area (Å²) in [6, 6.07) is 6.58. The summed E-state index contributed by atoms with van der Waals surface area (Å²) in [6.07, 6.45) is 2.37. The lowest BCUT2D eigenvalue weighted by Crippen LogP contribution is -2.46. The average Bonchev–Trinajstić information content (AvgIpc) is 2.93. The van der Waals surface area contributed by atoms with Crippen LogP contribution in [-0.2, 0) is 6.54 Å². The molecular formula is C16H23N5O. The Morgan fingerprint density at radius 3 is 2.86 bits per heavy atom. The fourth-order valence-electron chi connectivity index (χ4n) is 2.96. The second kappa shape index (κ2) is 6.44. The highest BCUT2D eigenvalue weighted by Gasteiger charge is 2.24. The number of aromatic nitrogens is 3. The van der Waals surface area contributed by atoms with Gasteiger partial charge in [0, 0.05) is 31.7 Å². The first-order valence-corrected chi connectivity index (χ1v) is 7.79. The molecule has 1 fully saturated rings. The molecule has 0 N–H and O–H groups in total. The summed E-state index contributed by atoms with van der Waals surface area (Å²) < 4.78 is 5.15. The van der Waals surface area contributed by atoms with Gasteiger partial charge in [-0.1, -0.05) is 5.16 Å². The molecule has 0 saturated carbocycles. The van der Waals surface area contributed by atoms with Crippen LogP contribution in [0.4, 0.5) is 5.82 Å². The van der Waals surface area contributed by atoms with Crippen LogP contribution in [0.5, 0.6) is 0 Å². The van der Waals surface area contributed by atoms with Crippen LogP contribution in [-0.4, -0.2) is 46.4 Å². The molecule has 22 heavy (non-hydrogen) atoms. The van der Waals surface area contributed by atoms with Crippen molar-refractivity contribution in [1.29, 1.82) is 0 Å². The number of likely N-dealkylation sites (N-methyl/N-ethyl adjacent to an activating group) is 1. The van der Waals surface area contributed by atoms with E-state index >= 15 is 0 Å². The Bertz CT molecular complexity index is 609. The van der Waals surface area contributed by atoms with Crippen molar-refractivity contribution >= 4 is 5.82 Å². The first kappa shape index (κ1) is 15.0. The highest BCUT2D eigenvalue weighted by Crippen LogP contribution is 2.21. The minimum Gasteiger partial charge on any atom is -0.361 e. The summed E-state index contributed by atoms with van der Waals surface area (Å²) >= 11 is 0. The van der Waals surface area contributed by atoms with Gasteiger partial charge in [-0.2, -0.15) is 5.10 Å². The van der Waals surface area contributed by atoms with Gasteiger partial charge in [0.15, 0.2) is 5.82 Å². The maximum absolute atomic E-state index is 5.15. The Labute approximate surface area is 131 Å². The van der Waals surface area contributed by atoms with Crippen molar-refractivity contribution in [2.75, 3.05) is 25.0 Å². The van der Waals surface area contributed by atoms with Gasteiger partial charge in [-0.25, -0.2) is 0 Å². The molecule has 1 aliphatic rings. The van der Waals surface area contributed by atoms with Crippen molar-refractivity contribution in [1.82, 2.24) is 20.3 Å². The van der Waals surface area contributed by atoms with Crippen LogP contribution in [0.25, 0.3) is 0 Å². The number of rotatable bonds is 4. The van der Waals surface area contributed by atoms with Crippen LogP contribution in [0.15, 0.2) is 22.7 Å². The van der Waals surface area contributed by atoms with Gasteiger partial charge in [-0.3, -0.25) is 4.90 Å². The third-order valence-electron chi connectivity index (χ3n) is 4.22. The number of hydrogen-bond donors (Lipinski definition) is 0. The highest BCUT2D eigenvalue weighted by molar-refractivity contribution is 5.38. The molecule has 2 aromatic rings. The average molecular weight is 301 g/mol. The van der Waals surface area contributed by atoms with Gasteiger partial charge in [0.1, 0.15) is 5.76 Å². The van der Waals surface area contributed by atoms with E-state index in [1.54, 1.807) is 0 Å². The van der Waals surface area contributed by atoms with E-state index in [1.807, 2.05) is 26.0 Å². The predicted octanol–water partition coefficient (Wildman–Crippen LogP) is 2.18. The van der Waals surface area contributed by atoms with Crippen molar-refractivity contribution in [3.63, 3.8) is 0 Å². The Morgan fingerprint density at radius 1 is 1.32 bits per heavy atom. The van der Waals surface area contributed by atoms with Crippen LogP contribution in [0, 0.1) is 13.8 Å². The van der Waals surface area contributed by atoms with Crippen LogP contribution in [0.3, 0.4) is 0 Å². The van der Waals surface area contributed by atoms with Crippen molar-refractivity contribution < 1.29 is 4.52 Å². The number of hydrogen-bond acceptors (Lipinski definition) is 6. The summed E-state index contributed by atoms with van der Waals surface area (Å²) in [7, 11) is 2.15. The summed E-state index contributed by atoms with van der Waals surface area (Å²) in [5, 5.41) is 12.6. The Hall–Kier alpha value is -1.95. The SMILES string of the molecule is Cc1ccc(N2CCC[C@@H](N(C)Cc3cc(C)on3)C2)nn1. The zero-order valence-corrected chi connectivity index (χ0v) is 13.5. The molecule has 1 aliphatic heterocycles. The van der Waals surface area contributed by atoms with E-state index in [2.05, 4.69) is 38.3 Å². The molecule has 1 atom stereocenters. The van der Waals surface area contributed by atoms with Gasteiger partial charge in [-0.05, 0) is 45.9 Å². The predicted molar refractivity (Wildman–Crippen MR) is 84.7 cm³/mol. The smallest absolute Gasteiger partial charge is 0.151 e. The summed E-state index contributed by atoms with van der Waals surface area (Å²) in [4.78, 5) is 4.68. The molecule has 0 aliphatic carbocycles. The molecule has 6 heteroatoms. The molecule has 0 radical (unpaired) electrons. The van der Waals surface area contributed by atoms with Crippen molar-refractivity contribution in [2.45, 2.75) is 39.3 Å². The minimum absolute atomic E-state index is 0.494. The standard InChI is InChI=1S/C16H23N5O/c1-12-6-7-16(18-17-12)21-8-4-5-15(11-21)20(3)10-14-9-13(2)22-19-14/h6-7,9,15H,4-5,8,10-11H2,1-3H3/t15-/m1/s1. The third-order valence-corrected chi connectivity index (χ3v) is 4.22. The maximum atomic E-state index is 5.15. The van der Waals surface area contributed by atoms with Gasteiger partial charge in [0.2, 0.25) is 0 Å². The van der Waals surface area contributed by atoms with E-state index < -0.39 is 0 Å². The van der Waals surface area contributed by atoms with Crippen LogP contribution in [0.2, 0.25) is 0 Å². The molecule has 0 aromatic carbocycles. The first-order valence-electron chi connectivity index (χ1n) is 7.79. The van der Waals surface area contributed by atoms with Crippen LogP contribution < -0.4 is 4.90 Å². The molecule has 3 heterocycles. The molecule has 6 nitrogen and oxygen atoms in total. The number of anilines is 1. The first-order chi connectivity index (χ1) is 10.6. The Kier molecular flexibility index (Phi) is 4.38. The third kappa shape index (κ3) is 3.44. The molecule has 2 aromatic heterocycles. The zero-order valence-electron chi connectivity index (χ0n) is 13.5. The largest absolute Gasteiger partial charge is 0.361 e. The van der Waals surface area contributed by atoms with E-state index in [1.165, 1.54) is 12.8 Å². The minimum atomic E-state index is 0.494. The second-order valence-corrected chi connectivity index (χ2v) is 6.12. The van der Waals surface area contributed by atoms with E-state index in [0.717, 1.165) is 42.6 Å². The normalized spacial score (nSPS) is 18.9. The summed E-state index contributed by atoms with van der Waals surface area (Å²) in [5.41, 5.74) is 1.95. The van der Waals surface area contributed by atoms with Crippen LogP contribution >= 0.6 is 0 Å². The van der Waals surface area contributed by atoms with E-state index in [4.69, 9.17) is 4.52 Å². The Morgan fingerprint density at radius 2 is 2.18 bits per heavy atom. The van der Waals surface area contributed by atoms with Gasteiger partial charge in [0.05, 0.1) is 11.4 Å². The molecule has 1 saturated heterocycles. The van der Waals surface area contributed by atoms with Gasteiger partial charge >= 0.3 is 0 Å². The van der Waals surface area contributed by atoms with E-state index in [9.17, 15) is 0 Å². The number of piperidine rings is 1. The van der Waals surface area contributed by atoms with Crippen molar-refractivity contribution in [3.05, 3.63) is 35.3 Å². The van der Waals surface area contributed by atoms with E-state index in [-0.39, 0.29) is 0 Å². The van der Waals surface area contributed by atoms with Crippen molar-refractivity contribution in [2.24, 2.45) is 0 Å². The summed E-state index contributed by atoms with van der Waals surface area (Å²) in [6.45, 7) is 6.73. The van der Waals surface area contributed by atoms with Crippen LogP contribution in [0.1, 0.15) is 30.0 Å². The fraction of sp³-hybridized carbons (Fsp3) is 0.562. The lowest BCUT2D eigenvalue weighted by molar-refractivity contribution is 0.202. The second-order valence-electron chi connectivity index (χ2n) is 6.12. The maximum Gasteiger partial charge on any atom is 0.151 e. The van der Waals surface area contributed by atoms with Crippen molar-refractivity contribution in [3.8, 4) is 0 Å².